The van der Waals surface area contributed by atoms with Crippen LogP contribution in [0.5, 0.6) is 0 Å². The molecule has 0 bridgehead atoms. The van der Waals surface area contributed by atoms with Gasteiger partial charge in [-0.05, 0) is 30.4 Å². The van der Waals surface area contributed by atoms with Crippen molar-refractivity contribution in [2.45, 2.75) is 32.6 Å². The van der Waals surface area contributed by atoms with Crippen LogP contribution in [-0.2, 0) is 5.41 Å². The van der Waals surface area contributed by atoms with Crippen LogP contribution in [0.2, 0.25) is 0 Å². The minimum atomic E-state index is 0.427. The number of hydrogen-bond donors (Lipinski definition) is 1. The first-order valence-corrected chi connectivity index (χ1v) is 6.41. The summed E-state index contributed by atoms with van der Waals surface area (Å²) in [6.07, 6.45) is 1.34. The molecule has 16 heavy (non-hydrogen) atoms. The van der Waals surface area contributed by atoms with Crippen LogP contribution in [0.4, 0.5) is 0 Å². The molecule has 1 aliphatic carbocycles. The highest BCUT2D eigenvalue weighted by molar-refractivity contribution is 5.33. The largest absolute Gasteiger partial charge is 0.316 e. The Bertz CT molecular complexity index is 331. The van der Waals surface area contributed by atoms with Crippen molar-refractivity contribution >= 4 is 0 Å². The van der Waals surface area contributed by atoms with Gasteiger partial charge in [0.1, 0.15) is 0 Å². The Labute approximate surface area is 99.3 Å². The molecule has 2 rings (SSSR count). The maximum atomic E-state index is 3.62. The summed E-state index contributed by atoms with van der Waals surface area (Å²) in [4.78, 5) is 0. The molecule has 0 saturated heterocycles. The minimum Gasteiger partial charge on any atom is -0.316 e. The quantitative estimate of drug-likeness (QED) is 0.798. The lowest BCUT2D eigenvalue weighted by Gasteiger charge is -2.19. The third kappa shape index (κ3) is 2.30. The van der Waals surface area contributed by atoms with Gasteiger partial charge in [-0.15, -0.1) is 0 Å². The summed E-state index contributed by atoms with van der Waals surface area (Å²) in [6, 6.07) is 11.0. The summed E-state index contributed by atoms with van der Waals surface area (Å²) in [5, 5.41) is 3.62. The first-order chi connectivity index (χ1) is 7.65. The van der Waals surface area contributed by atoms with Crippen LogP contribution in [0.15, 0.2) is 30.3 Å². The van der Waals surface area contributed by atoms with Crippen molar-refractivity contribution in [2.75, 3.05) is 13.1 Å². The molecule has 0 aliphatic heterocycles. The highest BCUT2D eigenvalue weighted by Gasteiger charge is 2.51. The average molecular weight is 217 g/mol. The van der Waals surface area contributed by atoms with E-state index in [1.165, 1.54) is 12.0 Å². The molecule has 1 aromatic carbocycles. The van der Waals surface area contributed by atoms with Gasteiger partial charge in [0.05, 0.1) is 0 Å². The Morgan fingerprint density at radius 2 is 1.94 bits per heavy atom. The molecule has 1 N–H and O–H groups in total. The summed E-state index contributed by atoms with van der Waals surface area (Å²) < 4.78 is 0. The molecule has 1 heteroatoms. The molecule has 1 nitrogen and oxygen atoms in total. The topological polar surface area (TPSA) is 12.0 Å². The molecule has 0 radical (unpaired) electrons. The lowest BCUT2D eigenvalue weighted by molar-refractivity contribution is 0.493. The third-order valence-corrected chi connectivity index (χ3v) is 3.80. The zero-order valence-corrected chi connectivity index (χ0v) is 10.7. The third-order valence-electron chi connectivity index (χ3n) is 3.80. The fraction of sp³-hybridized carbons (Fsp3) is 0.600. The highest BCUT2D eigenvalue weighted by atomic mass is 14.9. The van der Waals surface area contributed by atoms with E-state index in [4.69, 9.17) is 0 Å². The first-order valence-electron chi connectivity index (χ1n) is 6.41. The summed E-state index contributed by atoms with van der Waals surface area (Å²) in [5.41, 5.74) is 1.94. The zero-order valence-electron chi connectivity index (χ0n) is 10.7. The fourth-order valence-electron chi connectivity index (χ4n) is 2.59. The van der Waals surface area contributed by atoms with Gasteiger partial charge in [0.2, 0.25) is 0 Å². The van der Waals surface area contributed by atoms with Crippen molar-refractivity contribution in [2.24, 2.45) is 11.8 Å². The number of nitrogens with one attached hydrogen (secondary N) is 1. The Balaban J connectivity index is 1.99. The van der Waals surface area contributed by atoms with Crippen molar-refractivity contribution in [3.8, 4) is 0 Å². The first kappa shape index (κ1) is 11.7. The smallest absolute Gasteiger partial charge is 0.0106 e. The number of hydrogen-bond acceptors (Lipinski definition) is 1. The van der Waals surface area contributed by atoms with Crippen molar-refractivity contribution in [3.05, 3.63) is 35.9 Å². The molecule has 1 aromatic rings. The van der Waals surface area contributed by atoms with Crippen molar-refractivity contribution in [3.63, 3.8) is 0 Å². The molecule has 1 fully saturated rings. The van der Waals surface area contributed by atoms with Crippen LogP contribution < -0.4 is 5.32 Å². The average Bonchev–Trinajstić information content (AvgIpc) is 2.91. The maximum Gasteiger partial charge on any atom is 0.0106 e. The van der Waals surface area contributed by atoms with E-state index in [9.17, 15) is 0 Å². The second-order valence-corrected chi connectivity index (χ2v) is 5.65. The minimum absolute atomic E-state index is 0.427. The molecule has 0 spiro atoms. The van der Waals surface area contributed by atoms with Crippen molar-refractivity contribution in [1.29, 1.82) is 0 Å². The molecule has 1 saturated carbocycles. The van der Waals surface area contributed by atoms with Crippen LogP contribution in [0.1, 0.15) is 32.8 Å². The van der Waals surface area contributed by atoms with Crippen LogP contribution in [0.3, 0.4) is 0 Å². The number of rotatable bonds is 5. The summed E-state index contributed by atoms with van der Waals surface area (Å²) in [5.74, 6) is 1.57. The van der Waals surface area contributed by atoms with E-state index >= 15 is 0 Å². The second kappa shape index (κ2) is 4.58. The predicted octanol–water partition coefficient (Wildman–Crippen LogP) is 3.21. The van der Waals surface area contributed by atoms with E-state index < -0.39 is 0 Å². The fourth-order valence-corrected chi connectivity index (χ4v) is 2.59. The van der Waals surface area contributed by atoms with Gasteiger partial charge in [-0.3, -0.25) is 0 Å². The molecule has 88 valence electrons. The second-order valence-electron chi connectivity index (χ2n) is 5.65. The van der Waals surface area contributed by atoms with E-state index in [-0.39, 0.29) is 0 Å². The molecular weight excluding hydrogens is 194 g/mol. The van der Waals surface area contributed by atoms with E-state index in [0.29, 0.717) is 5.41 Å². The Morgan fingerprint density at radius 1 is 1.31 bits per heavy atom. The molecule has 1 aliphatic rings. The van der Waals surface area contributed by atoms with Crippen LogP contribution in [0.25, 0.3) is 0 Å². The molecule has 0 aromatic heterocycles. The van der Waals surface area contributed by atoms with Crippen LogP contribution in [-0.4, -0.2) is 13.1 Å². The lowest BCUT2D eigenvalue weighted by Crippen LogP contribution is -2.30. The molecule has 0 heterocycles. The molecule has 0 amide bonds. The maximum absolute atomic E-state index is 3.62. The Kier molecular flexibility index (Phi) is 3.34. The van der Waals surface area contributed by atoms with Crippen LogP contribution in [0, 0.1) is 11.8 Å². The van der Waals surface area contributed by atoms with Gasteiger partial charge >= 0.3 is 0 Å². The van der Waals surface area contributed by atoms with E-state index in [1.54, 1.807) is 0 Å². The molecular formula is C15H23N. The monoisotopic (exact) mass is 217 g/mol. The Hall–Kier alpha value is -0.820. The van der Waals surface area contributed by atoms with Gasteiger partial charge < -0.3 is 5.32 Å². The van der Waals surface area contributed by atoms with Gasteiger partial charge in [-0.25, -0.2) is 0 Å². The number of benzene rings is 1. The molecule has 2 unspecified atom stereocenters. The van der Waals surface area contributed by atoms with Gasteiger partial charge in [-0.2, -0.15) is 0 Å². The van der Waals surface area contributed by atoms with Crippen molar-refractivity contribution < 1.29 is 0 Å². The van der Waals surface area contributed by atoms with Gasteiger partial charge in [0.25, 0.3) is 0 Å². The van der Waals surface area contributed by atoms with Gasteiger partial charge in [-0.1, -0.05) is 51.1 Å². The summed E-state index contributed by atoms with van der Waals surface area (Å²) in [6.45, 7) is 9.15. The molecule has 2 atom stereocenters. The van der Waals surface area contributed by atoms with E-state index in [1.807, 2.05) is 0 Å². The Morgan fingerprint density at radius 3 is 2.44 bits per heavy atom. The van der Waals surface area contributed by atoms with Gasteiger partial charge in [0.15, 0.2) is 0 Å². The normalized spacial score (nSPS) is 28.4. The lowest BCUT2D eigenvalue weighted by atomic mass is 9.93. The van der Waals surface area contributed by atoms with E-state index in [2.05, 4.69) is 56.4 Å². The van der Waals surface area contributed by atoms with Crippen molar-refractivity contribution in [1.82, 2.24) is 5.32 Å². The van der Waals surface area contributed by atoms with E-state index in [0.717, 1.165) is 24.9 Å². The van der Waals surface area contributed by atoms with Crippen LogP contribution >= 0.6 is 0 Å². The summed E-state index contributed by atoms with van der Waals surface area (Å²) >= 11 is 0. The summed E-state index contributed by atoms with van der Waals surface area (Å²) in [7, 11) is 0. The zero-order chi connectivity index (χ0) is 11.6. The highest BCUT2D eigenvalue weighted by Crippen LogP contribution is 2.53. The van der Waals surface area contributed by atoms with Gasteiger partial charge in [0, 0.05) is 12.0 Å². The predicted molar refractivity (Wildman–Crippen MR) is 69.6 cm³/mol. The SMILES string of the molecule is CC(C)CNCC1(c2ccccc2)CC1C. The standard InChI is InChI=1S/C15H23N/c1-12(2)10-16-11-15(9-13(15)3)14-7-5-4-6-8-14/h4-8,12-13,16H,9-11H2,1-3H3.